The Morgan fingerprint density at radius 3 is 2.25 bits per heavy atom. The quantitative estimate of drug-likeness (QED) is 0.739. The Bertz CT molecular complexity index is 554. The van der Waals surface area contributed by atoms with Gasteiger partial charge in [0.25, 0.3) is 0 Å². The van der Waals surface area contributed by atoms with Crippen LogP contribution >= 0.6 is 27.5 Å². The SMILES string of the molecule is O=S(=O)(c1ccc(CCl)cc1Br)N1CCCCCCC1. The molecule has 1 aromatic carbocycles. The molecule has 2 rings (SSSR count). The first-order chi connectivity index (χ1) is 9.55. The zero-order valence-electron chi connectivity index (χ0n) is 11.3. The van der Waals surface area contributed by atoms with Gasteiger partial charge in [-0.05, 0) is 46.5 Å². The third kappa shape index (κ3) is 3.75. The molecule has 3 nitrogen and oxygen atoms in total. The Labute approximate surface area is 134 Å². The van der Waals surface area contributed by atoms with Gasteiger partial charge in [-0.15, -0.1) is 11.6 Å². The minimum absolute atomic E-state index is 0.340. The molecule has 6 heteroatoms. The molecule has 112 valence electrons. The van der Waals surface area contributed by atoms with Crippen molar-refractivity contribution in [2.24, 2.45) is 0 Å². The zero-order chi connectivity index (χ0) is 14.6. The van der Waals surface area contributed by atoms with E-state index in [2.05, 4.69) is 15.9 Å². The van der Waals surface area contributed by atoms with E-state index in [9.17, 15) is 8.42 Å². The minimum atomic E-state index is -3.41. The summed E-state index contributed by atoms with van der Waals surface area (Å²) < 4.78 is 27.7. The Morgan fingerprint density at radius 2 is 1.70 bits per heavy atom. The van der Waals surface area contributed by atoms with Crippen LogP contribution in [0.3, 0.4) is 0 Å². The van der Waals surface area contributed by atoms with Gasteiger partial charge < -0.3 is 0 Å². The second kappa shape index (κ2) is 7.25. The summed E-state index contributed by atoms with van der Waals surface area (Å²) in [5.74, 6) is 0.378. The predicted octanol–water partition coefficient (Wildman–Crippen LogP) is 4.14. The summed E-state index contributed by atoms with van der Waals surface area (Å²) in [5.41, 5.74) is 0.908. The average Bonchev–Trinajstić information content (AvgIpc) is 2.37. The summed E-state index contributed by atoms with van der Waals surface area (Å²) in [6.07, 6.45) is 5.31. The second-order valence-corrected chi connectivity index (χ2v) is 8.10. The molecule has 20 heavy (non-hydrogen) atoms. The van der Waals surface area contributed by atoms with E-state index in [-0.39, 0.29) is 0 Å². The molecule has 0 radical (unpaired) electrons. The first-order valence-electron chi connectivity index (χ1n) is 6.90. The van der Waals surface area contributed by atoms with E-state index in [0.29, 0.717) is 28.3 Å². The lowest BCUT2D eigenvalue weighted by atomic mass is 10.1. The molecule has 1 fully saturated rings. The van der Waals surface area contributed by atoms with E-state index in [1.165, 1.54) is 6.42 Å². The maximum Gasteiger partial charge on any atom is 0.244 e. The third-order valence-corrected chi connectivity index (χ3v) is 6.77. The second-order valence-electron chi connectivity index (χ2n) is 5.07. The number of rotatable bonds is 3. The smallest absolute Gasteiger partial charge is 0.207 e. The van der Waals surface area contributed by atoms with Crippen LogP contribution in [0.15, 0.2) is 27.6 Å². The van der Waals surface area contributed by atoms with Gasteiger partial charge in [-0.2, -0.15) is 4.31 Å². The predicted molar refractivity (Wildman–Crippen MR) is 85.5 cm³/mol. The van der Waals surface area contributed by atoms with Crippen molar-refractivity contribution in [3.05, 3.63) is 28.2 Å². The van der Waals surface area contributed by atoms with Gasteiger partial charge in [-0.25, -0.2) is 8.42 Å². The van der Waals surface area contributed by atoms with Gasteiger partial charge in [-0.3, -0.25) is 0 Å². The van der Waals surface area contributed by atoms with E-state index in [1.54, 1.807) is 22.5 Å². The molecule has 1 saturated heterocycles. The van der Waals surface area contributed by atoms with Crippen molar-refractivity contribution < 1.29 is 8.42 Å². The maximum absolute atomic E-state index is 12.7. The Balaban J connectivity index is 2.28. The van der Waals surface area contributed by atoms with Crippen LogP contribution in [0.4, 0.5) is 0 Å². The van der Waals surface area contributed by atoms with Crippen molar-refractivity contribution in [3.8, 4) is 0 Å². The Hall–Kier alpha value is -0.100. The molecule has 0 bridgehead atoms. The molecule has 0 atom stereocenters. The van der Waals surface area contributed by atoms with E-state index >= 15 is 0 Å². The van der Waals surface area contributed by atoms with Crippen LogP contribution in [-0.4, -0.2) is 25.8 Å². The van der Waals surface area contributed by atoms with Crippen molar-refractivity contribution in [1.82, 2.24) is 4.31 Å². The van der Waals surface area contributed by atoms with Gasteiger partial charge >= 0.3 is 0 Å². The van der Waals surface area contributed by atoms with E-state index < -0.39 is 10.0 Å². The van der Waals surface area contributed by atoms with Gasteiger partial charge in [0.2, 0.25) is 10.0 Å². The van der Waals surface area contributed by atoms with Gasteiger partial charge in [0.1, 0.15) is 0 Å². The third-order valence-electron chi connectivity index (χ3n) is 3.58. The first kappa shape index (κ1) is 16.3. The van der Waals surface area contributed by atoms with Crippen molar-refractivity contribution in [1.29, 1.82) is 0 Å². The molecule has 1 aromatic rings. The molecule has 0 amide bonds. The number of alkyl halides is 1. The van der Waals surface area contributed by atoms with Crippen molar-refractivity contribution in [3.63, 3.8) is 0 Å². The number of hydrogen-bond donors (Lipinski definition) is 0. The van der Waals surface area contributed by atoms with Crippen LogP contribution in [0.2, 0.25) is 0 Å². The largest absolute Gasteiger partial charge is 0.244 e. The molecule has 0 N–H and O–H groups in total. The molecule has 1 aliphatic rings. The van der Waals surface area contributed by atoms with Gasteiger partial charge in [0.05, 0.1) is 4.90 Å². The van der Waals surface area contributed by atoms with Crippen LogP contribution in [0.5, 0.6) is 0 Å². The molecule has 0 saturated carbocycles. The maximum atomic E-state index is 12.7. The normalized spacial score (nSPS) is 18.5. The van der Waals surface area contributed by atoms with Crippen LogP contribution < -0.4 is 0 Å². The fourth-order valence-corrected chi connectivity index (χ4v) is 5.20. The summed E-state index contributed by atoms with van der Waals surface area (Å²) in [6, 6.07) is 5.20. The summed E-state index contributed by atoms with van der Waals surface area (Å²) in [6.45, 7) is 1.23. The van der Waals surface area contributed by atoms with E-state index in [1.807, 2.05) is 0 Å². The molecular weight excluding hydrogens is 362 g/mol. The number of sulfonamides is 1. The fraction of sp³-hybridized carbons (Fsp3) is 0.571. The molecular formula is C14H19BrClNO2S. The van der Waals surface area contributed by atoms with E-state index in [4.69, 9.17) is 11.6 Å². The minimum Gasteiger partial charge on any atom is -0.207 e. The molecule has 0 spiro atoms. The first-order valence-corrected chi connectivity index (χ1v) is 9.67. The standard InChI is InChI=1S/C14H19BrClNO2S/c15-13-10-12(11-16)6-7-14(13)20(18,19)17-8-4-2-1-3-5-9-17/h6-7,10H,1-5,8-9,11H2. The summed E-state index contributed by atoms with van der Waals surface area (Å²) in [5, 5.41) is 0. The number of hydrogen-bond acceptors (Lipinski definition) is 2. The van der Waals surface area contributed by atoms with Gasteiger partial charge in [-0.1, -0.05) is 25.3 Å². The number of nitrogens with zero attached hydrogens (tertiary/aromatic N) is 1. The summed E-state index contributed by atoms with van der Waals surface area (Å²) in [4.78, 5) is 0.340. The molecule has 1 heterocycles. The summed E-state index contributed by atoms with van der Waals surface area (Å²) >= 11 is 9.13. The Morgan fingerprint density at radius 1 is 1.10 bits per heavy atom. The molecule has 0 aliphatic carbocycles. The highest BCUT2D eigenvalue weighted by atomic mass is 79.9. The topological polar surface area (TPSA) is 37.4 Å². The van der Waals surface area contributed by atoms with Crippen LogP contribution in [-0.2, 0) is 15.9 Å². The molecule has 0 aromatic heterocycles. The Kier molecular flexibility index (Phi) is 5.90. The van der Waals surface area contributed by atoms with Gasteiger partial charge in [0, 0.05) is 23.4 Å². The average molecular weight is 381 g/mol. The van der Waals surface area contributed by atoms with Gasteiger partial charge in [0.15, 0.2) is 0 Å². The number of benzene rings is 1. The number of halogens is 2. The zero-order valence-corrected chi connectivity index (χ0v) is 14.5. The van der Waals surface area contributed by atoms with Crippen LogP contribution in [0, 0.1) is 0 Å². The highest BCUT2D eigenvalue weighted by Gasteiger charge is 2.26. The highest BCUT2D eigenvalue weighted by Crippen LogP contribution is 2.28. The van der Waals surface area contributed by atoms with Crippen molar-refractivity contribution in [2.45, 2.75) is 42.9 Å². The van der Waals surface area contributed by atoms with Crippen molar-refractivity contribution in [2.75, 3.05) is 13.1 Å². The lowest BCUT2D eigenvalue weighted by molar-refractivity contribution is 0.364. The summed E-state index contributed by atoms with van der Waals surface area (Å²) in [7, 11) is -3.41. The fourth-order valence-electron chi connectivity index (χ4n) is 2.43. The van der Waals surface area contributed by atoms with Crippen molar-refractivity contribution >= 4 is 37.6 Å². The lowest BCUT2D eigenvalue weighted by Gasteiger charge is -2.24. The molecule has 1 aliphatic heterocycles. The monoisotopic (exact) mass is 379 g/mol. The molecule has 0 unspecified atom stereocenters. The lowest BCUT2D eigenvalue weighted by Crippen LogP contribution is -2.34. The van der Waals surface area contributed by atoms with E-state index in [0.717, 1.165) is 31.2 Å². The van der Waals surface area contributed by atoms with Crippen LogP contribution in [0.25, 0.3) is 0 Å². The van der Waals surface area contributed by atoms with Crippen LogP contribution in [0.1, 0.15) is 37.7 Å². The highest BCUT2D eigenvalue weighted by molar-refractivity contribution is 9.10.